The summed E-state index contributed by atoms with van der Waals surface area (Å²) in [5.74, 6) is 1.21. The highest BCUT2D eigenvalue weighted by Gasteiger charge is 2.05. The topological polar surface area (TPSA) is 59.3 Å². The Kier molecular flexibility index (Phi) is 6.16. The van der Waals surface area contributed by atoms with Gasteiger partial charge >= 0.3 is 0 Å². The van der Waals surface area contributed by atoms with Crippen molar-refractivity contribution in [1.29, 1.82) is 5.26 Å². The summed E-state index contributed by atoms with van der Waals surface area (Å²) in [6, 6.07) is 14.1. The minimum atomic E-state index is -0.119. The molecular weight excluding hydrogens is 302 g/mol. The van der Waals surface area contributed by atoms with E-state index in [1.807, 2.05) is 31.2 Å². The van der Waals surface area contributed by atoms with Gasteiger partial charge in [0, 0.05) is 5.56 Å². The Bertz CT molecular complexity index is 770. The SMILES string of the molecule is CCCOc1cc(/C=C/C(=O)c2ccc(C#N)cc2)ccc1OC. The van der Waals surface area contributed by atoms with Gasteiger partial charge in [-0.25, -0.2) is 0 Å². The van der Waals surface area contributed by atoms with E-state index < -0.39 is 0 Å². The standard InChI is InChI=1S/C20H19NO3/c1-3-12-24-20-13-15(7-11-19(20)23-2)6-10-18(22)17-8-4-16(14-21)5-9-17/h4-11,13H,3,12H2,1-2H3/b10-6+. The van der Waals surface area contributed by atoms with E-state index in [0.717, 1.165) is 12.0 Å². The Morgan fingerprint density at radius 1 is 1.17 bits per heavy atom. The number of methoxy groups -OCH3 is 1. The summed E-state index contributed by atoms with van der Waals surface area (Å²) in [6.07, 6.45) is 4.14. The first-order valence-electron chi connectivity index (χ1n) is 7.71. The van der Waals surface area contributed by atoms with E-state index in [1.165, 1.54) is 6.08 Å². The van der Waals surface area contributed by atoms with Gasteiger partial charge in [0.05, 0.1) is 25.3 Å². The van der Waals surface area contributed by atoms with Gasteiger partial charge < -0.3 is 9.47 Å². The summed E-state index contributed by atoms with van der Waals surface area (Å²) >= 11 is 0. The Morgan fingerprint density at radius 3 is 2.54 bits per heavy atom. The molecule has 0 bridgehead atoms. The minimum absolute atomic E-state index is 0.119. The fourth-order valence-electron chi connectivity index (χ4n) is 2.10. The second-order valence-corrected chi connectivity index (χ2v) is 5.15. The molecule has 0 aliphatic carbocycles. The van der Waals surface area contributed by atoms with Crippen LogP contribution in [0, 0.1) is 11.3 Å². The van der Waals surface area contributed by atoms with Crippen molar-refractivity contribution in [2.75, 3.05) is 13.7 Å². The van der Waals surface area contributed by atoms with E-state index >= 15 is 0 Å². The van der Waals surface area contributed by atoms with E-state index in [9.17, 15) is 4.79 Å². The second-order valence-electron chi connectivity index (χ2n) is 5.15. The maximum Gasteiger partial charge on any atom is 0.185 e. The van der Waals surface area contributed by atoms with Crippen molar-refractivity contribution in [2.45, 2.75) is 13.3 Å². The predicted molar refractivity (Wildman–Crippen MR) is 93.3 cm³/mol. The molecule has 0 amide bonds. The molecule has 24 heavy (non-hydrogen) atoms. The number of nitrogens with zero attached hydrogens (tertiary/aromatic N) is 1. The molecule has 0 aliphatic heterocycles. The molecule has 2 rings (SSSR count). The average molecular weight is 321 g/mol. The second kappa shape index (κ2) is 8.54. The van der Waals surface area contributed by atoms with Crippen molar-refractivity contribution in [2.24, 2.45) is 0 Å². The monoisotopic (exact) mass is 321 g/mol. The van der Waals surface area contributed by atoms with Gasteiger partial charge in [0.25, 0.3) is 0 Å². The summed E-state index contributed by atoms with van der Waals surface area (Å²) in [5.41, 5.74) is 1.92. The van der Waals surface area contributed by atoms with Crippen LogP contribution in [-0.4, -0.2) is 19.5 Å². The fraction of sp³-hybridized carbons (Fsp3) is 0.200. The number of allylic oxidation sites excluding steroid dienone is 1. The molecule has 0 aliphatic rings. The number of benzene rings is 2. The Hall–Kier alpha value is -3.06. The Balaban J connectivity index is 2.15. The largest absolute Gasteiger partial charge is 0.493 e. The summed E-state index contributed by atoms with van der Waals surface area (Å²) in [5, 5.41) is 8.78. The number of ether oxygens (including phenoxy) is 2. The Labute approximate surface area is 141 Å². The average Bonchev–Trinajstić information content (AvgIpc) is 2.64. The van der Waals surface area contributed by atoms with Gasteiger partial charge in [-0.15, -0.1) is 0 Å². The lowest BCUT2D eigenvalue weighted by molar-refractivity contribution is 0.104. The highest BCUT2D eigenvalue weighted by molar-refractivity contribution is 6.06. The molecule has 0 saturated heterocycles. The highest BCUT2D eigenvalue weighted by Crippen LogP contribution is 2.28. The van der Waals surface area contributed by atoms with Crippen LogP contribution < -0.4 is 9.47 Å². The van der Waals surface area contributed by atoms with Crippen molar-refractivity contribution in [3.8, 4) is 17.6 Å². The minimum Gasteiger partial charge on any atom is -0.493 e. The molecule has 0 atom stereocenters. The molecule has 0 spiro atoms. The normalized spacial score (nSPS) is 10.4. The quantitative estimate of drug-likeness (QED) is 0.565. The summed E-state index contributed by atoms with van der Waals surface area (Å²) in [7, 11) is 1.60. The zero-order valence-electron chi connectivity index (χ0n) is 13.8. The van der Waals surface area contributed by atoms with E-state index in [1.54, 1.807) is 37.5 Å². The van der Waals surface area contributed by atoms with Crippen LogP contribution in [0.2, 0.25) is 0 Å². The molecule has 4 nitrogen and oxygen atoms in total. The predicted octanol–water partition coefficient (Wildman–Crippen LogP) is 4.25. The van der Waals surface area contributed by atoms with Crippen LogP contribution in [0.25, 0.3) is 6.08 Å². The molecular formula is C20H19NO3. The highest BCUT2D eigenvalue weighted by atomic mass is 16.5. The number of rotatable bonds is 7. The van der Waals surface area contributed by atoms with Crippen LogP contribution in [0.15, 0.2) is 48.5 Å². The smallest absolute Gasteiger partial charge is 0.185 e. The van der Waals surface area contributed by atoms with Gasteiger partial charge in [0.1, 0.15) is 0 Å². The van der Waals surface area contributed by atoms with Crippen molar-refractivity contribution < 1.29 is 14.3 Å². The number of hydrogen-bond donors (Lipinski definition) is 0. The zero-order valence-corrected chi connectivity index (χ0v) is 13.8. The first-order valence-corrected chi connectivity index (χ1v) is 7.71. The number of nitriles is 1. The number of hydrogen-bond acceptors (Lipinski definition) is 4. The maximum atomic E-state index is 12.2. The zero-order chi connectivity index (χ0) is 17.4. The molecule has 0 unspecified atom stereocenters. The van der Waals surface area contributed by atoms with Gasteiger partial charge in [-0.1, -0.05) is 19.1 Å². The number of carbonyl (C=O) groups excluding carboxylic acids is 1. The van der Waals surface area contributed by atoms with Crippen molar-refractivity contribution in [3.63, 3.8) is 0 Å². The van der Waals surface area contributed by atoms with E-state index in [-0.39, 0.29) is 5.78 Å². The van der Waals surface area contributed by atoms with Gasteiger partial charge in [-0.2, -0.15) is 5.26 Å². The van der Waals surface area contributed by atoms with Crippen molar-refractivity contribution >= 4 is 11.9 Å². The lowest BCUT2D eigenvalue weighted by Gasteiger charge is -2.10. The van der Waals surface area contributed by atoms with Crippen LogP contribution in [0.1, 0.15) is 34.8 Å². The van der Waals surface area contributed by atoms with Crippen LogP contribution in [0.5, 0.6) is 11.5 Å². The molecule has 0 aromatic heterocycles. The molecule has 0 N–H and O–H groups in total. The summed E-state index contributed by atoms with van der Waals surface area (Å²) < 4.78 is 10.9. The molecule has 2 aromatic carbocycles. The van der Waals surface area contributed by atoms with Crippen LogP contribution in [0.4, 0.5) is 0 Å². The third-order valence-electron chi connectivity index (χ3n) is 3.38. The lowest BCUT2D eigenvalue weighted by atomic mass is 10.1. The molecule has 0 heterocycles. The van der Waals surface area contributed by atoms with Gasteiger partial charge in [-0.3, -0.25) is 4.79 Å². The van der Waals surface area contributed by atoms with Crippen molar-refractivity contribution in [1.82, 2.24) is 0 Å². The van der Waals surface area contributed by atoms with Crippen LogP contribution in [-0.2, 0) is 0 Å². The van der Waals surface area contributed by atoms with E-state index in [4.69, 9.17) is 14.7 Å². The molecule has 0 saturated carbocycles. The molecule has 2 aromatic rings. The van der Waals surface area contributed by atoms with Gasteiger partial charge in [-0.05, 0) is 54.5 Å². The summed E-state index contributed by atoms with van der Waals surface area (Å²) in [4.78, 5) is 12.2. The van der Waals surface area contributed by atoms with Gasteiger partial charge in [0.15, 0.2) is 17.3 Å². The third-order valence-corrected chi connectivity index (χ3v) is 3.38. The third kappa shape index (κ3) is 4.47. The van der Waals surface area contributed by atoms with Crippen LogP contribution >= 0.6 is 0 Å². The van der Waals surface area contributed by atoms with Crippen molar-refractivity contribution in [3.05, 3.63) is 65.2 Å². The van der Waals surface area contributed by atoms with Gasteiger partial charge in [0.2, 0.25) is 0 Å². The maximum absolute atomic E-state index is 12.2. The first-order chi connectivity index (χ1) is 11.7. The Morgan fingerprint density at radius 2 is 1.92 bits per heavy atom. The summed E-state index contributed by atoms with van der Waals surface area (Å²) in [6.45, 7) is 2.64. The molecule has 0 fully saturated rings. The fourth-order valence-corrected chi connectivity index (χ4v) is 2.10. The lowest BCUT2D eigenvalue weighted by Crippen LogP contribution is -1.98. The van der Waals surface area contributed by atoms with Crippen LogP contribution in [0.3, 0.4) is 0 Å². The number of carbonyl (C=O) groups is 1. The van der Waals surface area contributed by atoms with E-state index in [0.29, 0.717) is 29.2 Å². The number of ketones is 1. The molecule has 4 heteroatoms. The molecule has 0 radical (unpaired) electrons. The first kappa shape index (κ1) is 17.3. The van der Waals surface area contributed by atoms with E-state index in [2.05, 4.69) is 0 Å². The molecule has 122 valence electrons.